The van der Waals surface area contributed by atoms with Gasteiger partial charge in [0, 0.05) is 33.2 Å². The second-order valence-electron chi connectivity index (χ2n) is 15.0. The predicted octanol–water partition coefficient (Wildman–Crippen LogP) is 14.9. The van der Waals surface area contributed by atoms with Crippen molar-refractivity contribution in [2.45, 2.75) is 19.3 Å². The second-order valence-corrected chi connectivity index (χ2v) is 15.0. The fraction of sp³-hybridized carbons (Fsp3) is 0.0566. The molecule has 0 amide bonds. The summed E-state index contributed by atoms with van der Waals surface area (Å²) in [5.41, 5.74) is 17.5. The number of nitrogens with zero attached hydrogens (tertiary/aromatic N) is 1. The minimum absolute atomic E-state index is 0.0542. The lowest BCUT2D eigenvalue weighted by atomic mass is 9.78. The third-order valence-electron chi connectivity index (χ3n) is 11.3. The Labute approximate surface area is 322 Å². The maximum absolute atomic E-state index is 6.07. The van der Waals surface area contributed by atoms with Crippen LogP contribution in [0.4, 0.5) is 17.1 Å². The highest BCUT2D eigenvalue weighted by Gasteiger charge is 2.33. The van der Waals surface area contributed by atoms with Gasteiger partial charge in [0.1, 0.15) is 11.2 Å². The van der Waals surface area contributed by atoms with Crippen LogP contribution in [0.3, 0.4) is 0 Å². The van der Waals surface area contributed by atoms with E-state index < -0.39 is 0 Å². The quantitative estimate of drug-likeness (QED) is 0.164. The highest BCUT2D eigenvalue weighted by Crippen LogP contribution is 2.47. The predicted molar refractivity (Wildman–Crippen MR) is 232 cm³/mol. The summed E-state index contributed by atoms with van der Waals surface area (Å²) in [7, 11) is 0. The van der Waals surface area contributed by atoms with Crippen LogP contribution in [0.2, 0.25) is 0 Å². The van der Waals surface area contributed by atoms with E-state index >= 15 is 0 Å². The Bertz CT molecular complexity index is 2840. The average molecular weight is 706 g/mol. The Morgan fingerprint density at radius 3 is 1.45 bits per heavy atom. The summed E-state index contributed by atoms with van der Waals surface area (Å²) in [5.74, 6) is 0. The van der Waals surface area contributed by atoms with Gasteiger partial charge < -0.3 is 9.32 Å². The molecule has 0 aliphatic heterocycles. The van der Waals surface area contributed by atoms with Gasteiger partial charge in [0.2, 0.25) is 0 Å². The van der Waals surface area contributed by atoms with Crippen molar-refractivity contribution in [3.05, 3.63) is 211 Å². The Kier molecular flexibility index (Phi) is 7.85. The molecule has 1 heterocycles. The summed E-state index contributed by atoms with van der Waals surface area (Å²) in [4.78, 5) is 2.35. The first kappa shape index (κ1) is 32.7. The zero-order valence-electron chi connectivity index (χ0n) is 30.9. The molecule has 55 heavy (non-hydrogen) atoms. The van der Waals surface area contributed by atoms with Gasteiger partial charge >= 0.3 is 0 Å². The number of anilines is 3. The summed E-state index contributed by atoms with van der Waals surface area (Å²) < 4.78 is 6.07. The van der Waals surface area contributed by atoms with Crippen molar-refractivity contribution in [3.8, 4) is 33.4 Å². The molecule has 0 saturated carbocycles. The van der Waals surface area contributed by atoms with E-state index in [9.17, 15) is 0 Å². The smallest absolute Gasteiger partial charge is 0.135 e. The number of fused-ring (bicyclic) bond motifs is 4. The number of para-hydroxylation sites is 1. The average Bonchev–Trinajstić information content (AvgIpc) is 3.75. The van der Waals surface area contributed by atoms with E-state index in [0.29, 0.717) is 0 Å². The summed E-state index contributed by atoms with van der Waals surface area (Å²) >= 11 is 0. The van der Waals surface area contributed by atoms with Crippen LogP contribution >= 0.6 is 0 Å². The number of furan rings is 1. The van der Waals surface area contributed by atoms with Gasteiger partial charge in [-0.1, -0.05) is 153 Å². The van der Waals surface area contributed by atoms with Crippen molar-refractivity contribution >= 4 is 50.6 Å². The number of rotatable bonds is 7. The van der Waals surface area contributed by atoms with Crippen LogP contribution in [0, 0.1) is 0 Å². The molecule has 1 aliphatic rings. The fourth-order valence-electron chi connectivity index (χ4n) is 8.35. The Morgan fingerprint density at radius 2 is 0.836 bits per heavy atom. The van der Waals surface area contributed by atoms with Crippen LogP contribution < -0.4 is 4.90 Å². The van der Waals surface area contributed by atoms with Crippen LogP contribution in [-0.2, 0) is 5.41 Å². The van der Waals surface area contributed by atoms with Crippen LogP contribution in [0.1, 0.15) is 30.5 Å². The Hall–Kier alpha value is -6.90. The highest BCUT2D eigenvalue weighted by atomic mass is 16.3. The highest BCUT2D eigenvalue weighted by molar-refractivity contribution is 6.06. The molecule has 10 rings (SSSR count). The summed E-state index contributed by atoms with van der Waals surface area (Å²) in [6.45, 7) is 4.66. The standard InChI is InChI=1S/C53H39NO/c1-53(2)49-14-8-6-12-43(49)35-50(53)41-24-31-46(32-25-41)54(44-27-20-38(21-28-44)36-10-4-3-5-11-36)45-29-22-39(23-30-45)37-16-18-40(19-17-37)42-26-33-52-48(34-42)47-13-7-9-15-51(47)55-52/h3-35H,1-2H3. The van der Waals surface area contributed by atoms with E-state index in [1.54, 1.807) is 0 Å². The van der Waals surface area contributed by atoms with Crippen molar-refractivity contribution in [2.24, 2.45) is 0 Å². The molecule has 1 aliphatic carbocycles. The molecule has 2 heteroatoms. The molecule has 8 aromatic carbocycles. The van der Waals surface area contributed by atoms with Gasteiger partial charge in [0.05, 0.1) is 0 Å². The van der Waals surface area contributed by atoms with Crippen molar-refractivity contribution in [3.63, 3.8) is 0 Å². The van der Waals surface area contributed by atoms with Crippen LogP contribution in [0.15, 0.2) is 199 Å². The first-order valence-electron chi connectivity index (χ1n) is 19.0. The SMILES string of the molecule is CC1(C)C(c2ccc(N(c3ccc(-c4ccccc4)cc3)c3ccc(-c4ccc(-c5ccc6oc7ccccc7c6c5)cc4)cc3)cc2)=Cc2ccccc21. The van der Waals surface area contributed by atoms with Crippen molar-refractivity contribution in [1.82, 2.24) is 0 Å². The lowest BCUT2D eigenvalue weighted by Crippen LogP contribution is -2.16. The molecule has 0 atom stereocenters. The van der Waals surface area contributed by atoms with E-state index in [0.717, 1.165) is 39.0 Å². The monoisotopic (exact) mass is 705 g/mol. The molecule has 9 aromatic rings. The van der Waals surface area contributed by atoms with Gasteiger partial charge in [0.25, 0.3) is 0 Å². The fourth-order valence-corrected chi connectivity index (χ4v) is 8.35. The maximum atomic E-state index is 6.07. The van der Waals surface area contributed by atoms with Crippen molar-refractivity contribution in [2.75, 3.05) is 4.90 Å². The number of allylic oxidation sites excluding steroid dienone is 1. The molecular formula is C53H39NO. The van der Waals surface area contributed by atoms with Crippen LogP contribution in [0.5, 0.6) is 0 Å². The van der Waals surface area contributed by atoms with Gasteiger partial charge in [-0.05, 0) is 116 Å². The summed E-state index contributed by atoms with van der Waals surface area (Å²) in [6, 6.07) is 69.8. The minimum Gasteiger partial charge on any atom is -0.456 e. The Morgan fingerprint density at radius 1 is 0.382 bits per heavy atom. The number of hydrogen-bond acceptors (Lipinski definition) is 2. The van der Waals surface area contributed by atoms with E-state index in [2.05, 4.69) is 207 Å². The van der Waals surface area contributed by atoms with E-state index in [-0.39, 0.29) is 5.41 Å². The van der Waals surface area contributed by atoms with Crippen molar-refractivity contribution in [1.29, 1.82) is 0 Å². The van der Waals surface area contributed by atoms with Crippen molar-refractivity contribution < 1.29 is 4.42 Å². The molecule has 262 valence electrons. The molecule has 0 saturated heterocycles. The molecule has 0 spiro atoms. The topological polar surface area (TPSA) is 16.4 Å². The second kappa shape index (κ2) is 13.2. The van der Waals surface area contributed by atoms with E-state index in [4.69, 9.17) is 4.42 Å². The molecule has 0 unspecified atom stereocenters. The summed E-state index contributed by atoms with van der Waals surface area (Å²) in [6.07, 6.45) is 2.36. The largest absolute Gasteiger partial charge is 0.456 e. The lowest BCUT2D eigenvalue weighted by Gasteiger charge is -2.28. The van der Waals surface area contributed by atoms with E-state index in [1.165, 1.54) is 55.6 Å². The zero-order chi connectivity index (χ0) is 36.9. The lowest BCUT2D eigenvalue weighted by molar-refractivity contribution is 0.669. The number of benzene rings is 8. The Balaban J connectivity index is 0.965. The normalized spacial score (nSPS) is 13.2. The van der Waals surface area contributed by atoms with Gasteiger partial charge in [0.15, 0.2) is 0 Å². The van der Waals surface area contributed by atoms with Gasteiger partial charge in [-0.3, -0.25) is 0 Å². The first-order valence-corrected chi connectivity index (χ1v) is 19.0. The third kappa shape index (κ3) is 5.84. The molecule has 0 fully saturated rings. The van der Waals surface area contributed by atoms with E-state index in [1.807, 2.05) is 12.1 Å². The van der Waals surface area contributed by atoms with Crippen LogP contribution in [0.25, 0.3) is 67.0 Å². The zero-order valence-corrected chi connectivity index (χ0v) is 30.9. The third-order valence-corrected chi connectivity index (χ3v) is 11.3. The maximum Gasteiger partial charge on any atom is 0.135 e. The minimum atomic E-state index is -0.0542. The van der Waals surface area contributed by atoms with Crippen LogP contribution in [-0.4, -0.2) is 0 Å². The molecule has 1 aromatic heterocycles. The molecular weight excluding hydrogens is 667 g/mol. The molecule has 0 N–H and O–H groups in total. The first-order chi connectivity index (χ1) is 27.0. The molecule has 0 radical (unpaired) electrons. The summed E-state index contributed by atoms with van der Waals surface area (Å²) in [5, 5.41) is 2.29. The molecule has 0 bridgehead atoms. The number of hydrogen-bond donors (Lipinski definition) is 0. The van der Waals surface area contributed by atoms with Gasteiger partial charge in [-0.15, -0.1) is 0 Å². The molecule has 2 nitrogen and oxygen atoms in total. The van der Waals surface area contributed by atoms with Gasteiger partial charge in [-0.2, -0.15) is 0 Å². The van der Waals surface area contributed by atoms with Gasteiger partial charge in [-0.25, -0.2) is 0 Å².